The van der Waals surface area contributed by atoms with Gasteiger partial charge in [-0.05, 0) is 42.3 Å². The maximum Gasteiger partial charge on any atom is 0.260 e. The summed E-state index contributed by atoms with van der Waals surface area (Å²) in [6.07, 6.45) is 0. The molecule has 1 fully saturated rings. The van der Waals surface area contributed by atoms with Crippen LogP contribution in [0.15, 0.2) is 53.4 Å². The average Bonchev–Trinajstić information content (AvgIpc) is 2.81. The van der Waals surface area contributed by atoms with E-state index in [1.807, 2.05) is 38.1 Å². The Kier molecular flexibility index (Phi) is 7.98. The normalized spacial score (nSPS) is 14.5. The lowest BCUT2D eigenvalue weighted by Crippen LogP contribution is -2.50. The van der Waals surface area contributed by atoms with Gasteiger partial charge in [-0.2, -0.15) is 0 Å². The number of methoxy groups -OCH3 is 1. The van der Waals surface area contributed by atoms with E-state index >= 15 is 0 Å². The summed E-state index contributed by atoms with van der Waals surface area (Å²) in [5.74, 6) is 1.39. The van der Waals surface area contributed by atoms with Gasteiger partial charge in [0, 0.05) is 32.7 Å². The molecule has 174 valence electrons. The fourth-order valence-corrected chi connectivity index (χ4v) is 4.61. The second-order valence-corrected chi connectivity index (χ2v) is 9.81. The zero-order valence-corrected chi connectivity index (χ0v) is 19.6. The van der Waals surface area contributed by atoms with Crippen LogP contribution in [0.2, 0.25) is 0 Å². The maximum atomic E-state index is 12.6. The molecule has 32 heavy (non-hydrogen) atoms. The number of para-hydroxylation sites is 2. The topological polar surface area (TPSA) is 88.2 Å². The standard InChI is InChI=1S/C23H31N3O5S/c1-18(2)16-24-32(28,29)20-10-8-19(9-11-20)31-17-23(27)26-14-12-25(13-15-26)21-6-4-5-7-22(21)30-3/h4-11,18,24H,12-17H2,1-3H3. The van der Waals surface area contributed by atoms with Crippen LogP contribution >= 0.6 is 0 Å². The lowest BCUT2D eigenvalue weighted by atomic mass is 10.2. The lowest BCUT2D eigenvalue weighted by molar-refractivity contribution is -0.133. The SMILES string of the molecule is COc1ccccc1N1CCN(C(=O)COc2ccc(S(=O)(=O)NCC(C)C)cc2)CC1. The molecule has 0 radical (unpaired) electrons. The van der Waals surface area contributed by atoms with Crippen LogP contribution < -0.4 is 19.1 Å². The Morgan fingerprint density at radius 2 is 1.69 bits per heavy atom. The number of ether oxygens (including phenoxy) is 2. The first kappa shape index (κ1) is 23.9. The van der Waals surface area contributed by atoms with Crippen LogP contribution in [0.25, 0.3) is 0 Å². The van der Waals surface area contributed by atoms with Crippen LogP contribution in [0.5, 0.6) is 11.5 Å². The quantitative estimate of drug-likeness (QED) is 0.617. The van der Waals surface area contributed by atoms with Gasteiger partial charge in [-0.3, -0.25) is 4.79 Å². The van der Waals surface area contributed by atoms with E-state index in [1.54, 1.807) is 24.1 Å². The highest BCUT2D eigenvalue weighted by Crippen LogP contribution is 2.28. The molecule has 3 rings (SSSR count). The van der Waals surface area contributed by atoms with Crippen LogP contribution in [0.3, 0.4) is 0 Å². The molecule has 0 unspecified atom stereocenters. The van der Waals surface area contributed by atoms with Gasteiger partial charge in [0.1, 0.15) is 11.5 Å². The Morgan fingerprint density at radius 3 is 2.31 bits per heavy atom. The van der Waals surface area contributed by atoms with Gasteiger partial charge in [0.15, 0.2) is 6.61 Å². The molecular formula is C23H31N3O5S. The van der Waals surface area contributed by atoms with E-state index < -0.39 is 10.0 Å². The van der Waals surface area contributed by atoms with Crippen molar-refractivity contribution in [2.75, 3.05) is 51.3 Å². The summed E-state index contributed by atoms with van der Waals surface area (Å²) in [5.41, 5.74) is 1.02. The van der Waals surface area contributed by atoms with Gasteiger partial charge in [-0.25, -0.2) is 13.1 Å². The van der Waals surface area contributed by atoms with Crippen molar-refractivity contribution in [3.05, 3.63) is 48.5 Å². The lowest BCUT2D eigenvalue weighted by Gasteiger charge is -2.36. The van der Waals surface area contributed by atoms with Crippen LogP contribution in [0.4, 0.5) is 5.69 Å². The Bertz CT molecular complexity index is 1000. The maximum absolute atomic E-state index is 12.6. The van der Waals surface area contributed by atoms with Crippen molar-refractivity contribution < 1.29 is 22.7 Å². The molecule has 1 aliphatic heterocycles. The minimum atomic E-state index is -3.55. The first-order valence-corrected chi connectivity index (χ1v) is 12.2. The molecule has 8 nitrogen and oxygen atoms in total. The van der Waals surface area contributed by atoms with Crippen molar-refractivity contribution in [3.8, 4) is 11.5 Å². The van der Waals surface area contributed by atoms with Crippen LogP contribution in [0, 0.1) is 5.92 Å². The highest BCUT2D eigenvalue weighted by molar-refractivity contribution is 7.89. The highest BCUT2D eigenvalue weighted by atomic mass is 32.2. The molecule has 0 spiro atoms. The predicted molar refractivity (Wildman–Crippen MR) is 124 cm³/mol. The number of benzene rings is 2. The number of carbonyl (C=O) groups is 1. The van der Waals surface area contributed by atoms with Gasteiger partial charge >= 0.3 is 0 Å². The van der Waals surface area contributed by atoms with Crippen LogP contribution in [-0.4, -0.2) is 65.7 Å². The molecule has 0 aromatic heterocycles. The summed E-state index contributed by atoms with van der Waals surface area (Å²) in [5, 5.41) is 0. The number of amides is 1. The second kappa shape index (κ2) is 10.7. The third-order valence-corrected chi connectivity index (χ3v) is 6.68. The van der Waals surface area contributed by atoms with E-state index in [-0.39, 0.29) is 23.3 Å². The molecule has 1 aliphatic rings. The van der Waals surface area contributed by atoms with Gasteiger partial charge in [0.05, 0.1) is 17.7 Å². The first-order chi connectivity index (χ1) is 15.3. The van der Waals surface area contributed by atoms with Gasteiger partial charge in [-0.1, -0.05) is 26.0 Å². The van der Waals surface area contributed by atoms with E-state index in [4.69, 9.17) is 9.47 Å². The van der Waals surface area contributed by atoms with Crippen molar-refractivity contribution in [2.45, 2.75) is 18.7 Å². The fourth-order valence-electron chi connectivity index (χ4n) is 3.40. The molecule has 2 aromatic carbocycles. The molecule has 1 amide bonds. The van der Waals surface area contributed by atoms with Gasteiger partial charge in [0.25, 0.3) is 5.91 Å². The Labute approximate surface area is 190 Å². The monoisotopic (exact) mass is 461 g/mol. The number of hydrogen-bond acceptors (Lipinski definition) is 6. The number of sulfonamides is 1. The summed E-state index contributed by atoms with van der Waals surface area (Å²) < 4.78 is 38.1. The van der Waals surface area contributed by atoms with Crippen LogP contribution in [0.1, 0.15) is 13.8 Å². The number of piperazine rings is 1. The number of carbonyl (C=O) groups excluding carboxylic acids is 1. The third kappa shape index (κ3) is 6.14. The predicted octanol–water partition coefficient (Wildman–Crippen LogP) is 2.36. The molecule has 9 heteroatoms. The highest BCUT2D eigenvalue weighted by Gasteiger charge is 2.23. The van der Waals surface area contributed by atoms with Crippen molar-refractivity contribution in [2.24, 2.45) is 5.92 Å². The number of anilines is 1. The third-order valence-electron chi connectivity index (χ3n) is 5.24. The fraction of sp³-hybridized carbons (Fsp3) is 0.435. The number of rotatable bonds is 9. The van der Waals surface area contributed by atoms with Crippen molar-refractivity contribution >= 4 is 21.6 Å². The molecule has 0 atom stereocenters. The van der Waals surface area contributed by atoms with Crippen molar-refractivity contribution in [1.82, 2.24) is 9.62 Å². The molecule has 1 saturated heterocycles. The van der Waals surface area contributed by atoms with Gasteiger partial charge in [-0.15, -0.1) is 0 Å². The van der Waals surface area contributed by atoms with Crippen LogP contribution in [-0.2, 0) is 14.8 Å². The van der Waals surface area contributed by atoms with E-state index in [0.717, 1.165) is 11.4 Å². The van der Waals surface area contributed by atoms with E-state index in [0.29, 0.717) is 38.5 Å². The second-order valence-electron chi connectivity index (χ2n) is 8.05. The molecule has 0 aliphatic carbocycles. The van der Waals surface area contributed by atoms with Crippen molar-refractivity contribution in [3.63, 3.8) is 0 Å². The average molecular weight is 462 g/mol. The zero-order chi connectivity index (χ0) is 23.1. The molecule has 1 heterocycles. The minimum absolute atomic E-state index is 0.0909. The Balaban J connectivity index is 1.49. The summed E-state index contributed by atoms with van der Waals surface area (Å²) >= 11 is 0. The molecule has 1 N–H and O–H groups in total. The summed E-state index contributed by atoms with van der Waals surface area (Å²) in [4.78, 5) is 16.7. The van der Waals surface area contributed by atoms with E-state index in [1.165, 1.54) is 12.1 Å². The molecule has 2 aromatic rings. The Morgan fingerprint density at radius 1 is 1.03 bits per heavy atom. The minimum Gasteiger partial charge on any atom is -0.495 e. The smallest absolute Gasteiger partial charge is 0.260 e. The first-order valence-electron chi connectivity index (χ1n) is 10.7. The van der Waals surface area contributed by atoms with Gasteiger partial charge < -0.3 is 19.3 Å². The molecular weight excluding hydrogens is 430 g/mol. The number of hydrogen-bond donors (Lipinski definition) is 1. The van der Waals surface area contributed by atoms with E-state index in [9.17, 15) is 13.2 Å². The Hall–Kier alpha value is -2.78. The summed E-state index contributed by atoms with van der Waals surface area (Å²) in [6.45, 7) is 6.78. The number of nitrogens with zero attached hydrogens (tertiary/aromatic N) is 2. The summed E-state index contributed by atoms with van der Waals surface area (Å²) in [6, 6.07) is 13.9. The zero-order valence-electron chi connectivity index (χ0n) is 18.8. The van der Waals surface area contributed by atoms with Gasteiger partial charge in [0.2, 0.25) is 10.0 Å². The molecule has 0 saturated carbocycles. The largest absolute Gasteiger partial charge is 0.495 e. The van der Waals surface area contributed by atoms with E-state index in [2.05, 4.69) is 9.62 Å². The summed E-state index contributed by atoms with van der Waals surface area (Å²) in [7, 11) is -1.90. The molecule has 0 bridgehead atoms. The van der Waals surface area contributed by atoms with Crippen molar-refractivity contribution in [1.29, 1.82) is 0 Å². The number of nitrogens with one attached hydrogen (secondary N) is 1.